The van der Waals surface area contributed by atoms with E-state index in [0.717, 1.165) is 23.4 Å². The van der Waals surface area contributed by atoms with E-state index in [2.05, 4.69) is 15.7 Å². The Balaban J connectivity index is 1.71. The summed E-state index contributed by atoms with van der Waals surface area (Å²) in [5.41, 5.74) is -1.01. The quantitative estimate of drug-likeness (QED) is 0.746. The van der Waals surface area contributed by atoms with Crippen LogP contribution in [0.2, 0.25) is 0 Å². The number of halogens is 3. The SMILES string of the molecule is CCCNC(=O)CN1CCC(NC(=O)Cn2ccc(C(F)(F)F)n2)CC1. The molecule has 2 rings (SSSR count). The fraction of sp³-hybridized carbons (Fsp3) is 0.688. The van der Waals surface area contributed by atoms with Gasteiger partial charge in [0.05, 0.1) is 6.54 Å². The van der Waals surface area contributed by atoms with Crippen molar-refractivity contribution in [3.05, 3.63) is 18.0 Å². The first-order valence-corrected chi connectivity index (χ1v) is 8.67. The second kappa shape index (κ2) is 9.02. The molecule has 1 fully saturated rings. The van der Waals surface area contributed by atoms with E-state index in [0.29, 0.717) is 39.0 Å². The molecule has 0 aliphatic carbocycles. The van der Waals surface area contributed by atoms with E-state index in [1.165, 1.54) is 0 Å². The highest BCUT2D eigenvalue weighted by Crippen LogP contribution is 2.27. The first-order valence-electron chi connectivity index (χ1n) is 8.67. The Morgan fingerprint density at radius 3 is 2.50 bits per heavy atom. The van der Waals surface area contributed by atoms with Gasteiger partial charge in [-0.2, -0.15) is 18.3 Å². The molecular weight excluding hydrogens is 351 g/mol. The van der Waals surface area contributed by atoms with E-state index in [1.54, 1.807) is 0 Å². The van der Waals surface area contributed by atoms with Gasteiger partial charge in [0.15, 0.2) is 5.69 Å². The molecule has 10 heteroatoms. The zero-order valence-electron chi connectivity index (χ0n) is 14.7. The van der Waals surface area contributed by atoms with E-state index in [1.807, 2.05) is 11.8 Å². The van der Waals surface area contributed by atoms with Gasteiger partial charge in [-0.15, -0.1) is 0 Å². The first-order chi connectivity index (χ1) is 12.3. The summed E-state index contributed by atoms with van der Waals surface area (Å²) >= 11 is 0. The van der Waals surface area contributed by atoms with Gasteiger partial charge in [0.1, 0.15) is 6.54 Å². The van der Waals surface area contributed by atoms with Crippen molar-refractivity contribution in [3.63, 3.8) is 0 Å². The fourth-order valence-electron chi connectivity index (χ4n) is 2.78. The van der Waals surface area contributed by atoms with E-state index in [4.69, 9.17) is 0 Å². The predicted octanol–water partition coefficient (Wildman–Crippen LogP) is 1.01. The van der Waals surface area contributed by atoms with E-state index in [9.17, 15) is 22.8 Å². The third-order valence-corrected chi connectivity index (χ3v) is 4.13. The lowest BCUT2D eigenvalue weighted by atomic mass is 10.1. The van der Waals surface area contributed by atoms with Crippen molar-refractivity contribution in [2.75, 3.05) is 26.2 Å². The Labute approximate surface area is 149 Å². The van der Waals surface area contributed by atoms with Crippen LogP contribution in [0.5, 0.6) is 0 Å². The van der Waals surface area contributed by atoms with Gasteiger partial charge in [-0.3, -0.25) is 19.2 Å². The minimum absolute atomic E-state index is 0.00603. The lowest BCUT2D eigenvalue weighted by molar-refractivity contribution is -0.141. The fourth-order valence-corrected chi connectivity index (χ4v) is 2.78. The van der Waals surface area contributed by atoms with Gasteiger partial charge in [-0.25, -0.2) is 0 Å². The van der Waals surface area contributed by atoms with Crippen molar-refractivity contribution in [1.29, 1.82) is 0 Å². The summed E-state index contributed by atoms with van der Waals surface area (Å²) in [4.78, 5) is 25.7. The average molecular weight is 375 g/mol. The Kier molecular flexibility index (Phi) is 7.01. The zero-order chi connectivity index (χ0) is 19.2. The van der Waals surface area contributed by atoms with Crippen LogP contribution in [0.15, 0.2) is 12.3 Å². The molecular formula is C16H24F3N5O2. The van der Waals surface area contributed by atoms with E-state index >= 15 is 0 Å². The molecule has 7 nitrogen and oxygen atoms in total. The molecule has 0 spiro atoms. The number of carbonyl (C=O) groups is 2. The van der Waals surface area contributed by atoms with Gasteiger partial charge >= 0.3 is 6.18 Å². The largest absolute Gasteiger partial charge is 0.435 e. The maximum atomic E-state index is 12.5. The van der Waals surface area contributed by atoms with Crippen molar-refractivity contribution in [2.45, 2.75) is 44.9 Å². The molecule has 26 heavy (non-hydrogen) atoms. The van der Waals surface area contributed by atoms with Gasteiger partial charge in [0, 0.05) is 31.9 Å². The van der Waals surface area contributed by atoms with Crippen LogP contribution in [-0.4, -0.2) is 58.7 Å². The monoisotopic (exact) mass is 375 g/mol. The third kappa shape index (κ3) is 6.32. The molecule has 0 saturated carbocycles. The smallest absolute Gasteiger partial charge is 0.355 e. The number of alkyl halides is 3. The van der Waals surface area contributed by atoms with Crippen molar-refractivity contribution < 1.29 is 22.8 Å². The Bertz CT molecular complexity index is 609. The van der Waals surface area contributed by atoms with Crippen LogP contribution in [0.1, 0.15) is 31.9 Å². The summed E-state index contributed by atoms with van der Waals surface area (Å²) in [7, 11) is 0. The lowest BCUT2D eigenvalue weighted by Gasteiger charge is -2.31. The molecule has 1 saturated heterocycles. The zero-order valence-corrected chi connectivity index (χ0v) is 14.7. The van der Waals surface area contributed by atoms with Crippen LogP contribution in [0.4, 0.5) is 13.2 Å². The molecule has 1 aromatic rings. The van der Waals surface area contributed by atoms with Gasteiger partial charge in [-0.05, 0) is 25.3 Å². The number of rotatable bonds is 7. The lowest BCUT2D eigenvalue weighted by Crippen LogP contribution is -2.48. The molecule has 0 atom stereocenters. The summed E-state index contributed by atoms with van der Waals surface area (Å²) < 4.78 is 38.5. The maximum Gasteiger partial charge on any atom is 0.435 e. The topological polar surface area (TPSA) is 79.3 Å². The molecule has 2 amide bonds. The molecule has 0 aromatic carbocycles. The van der Waals surface area contributed by atoms with E-state index in [-0.39, 0.29) is 24.4 Å². The van der Waals surface area contributed by atoms with Gasteiger partial charge in [-0.1, -0.05) is 6.92 Å². The van der Waals surface area contributed by atoms with Crippen molar-refractivity contribution in [1.82, 2.24) is 25.3 Å². The summed E-state index contributed by atoms with van der Waals surface area (Å²) in [6.45, 7) is 4.11. The van der Waals surface area contributed by atoms with Crippen LogP contribution in [0.25, 0.3) is 0 Å². The Morgan fingerprint density at radius 2 is 1.92 bits per heavy atom. The van der Waals surface area contributed by atoms with Crippen LogP contribution in [0.3, 0.4) is 0 Å². The standard InChI is InChI=1S/C16H24F3N5O2/c1-2-6-20-14(25)10-23-7-3-12(4-8-23)21-15(26)11-24-9-5-13(22-24)16(17,18)19/h5,9,12H,2-4,6-8,10-11H2,1H3,(H,20,25)(H,21,26). The number of nitrogens with zero attached hydrogens (tertiary/aromatic N) is 3. The van der Waals surface area contributed by atoms with E-state index < -0.39 is 11.9 Å². The first kappa shape index (κ1) is 20.2. The normalized spacial score (nSPS) is 16.5. The molecule has 2 heterocycles. The maximum absolute atomic E-state index is 12.5. The average Bonchev–Trinajstić information content (AvgIpc) is 3.03. The molecule has 0 radical (unpaired) electrons. The van der Waals surface area contributed by atoms with Crippen LogP contribution >= 0.6 is 0 Å². The number of hydrogen-bond acceptors (Lipinski definition) is 4. The Hall–Kier alpha value is -2.10. The second-order valence-electron chi connectivity index (χ2n) is 6.36. The highest BCUT2D eigenvalue weighted by atomic mass is 19.4. The number of piperidine rings is 1. The van der Waals surface area contributed by atoms with Crippen molar-refractivity contribution in [2.24, 2.45) is 0 Å². The minimum Gasteiger partial charge on any atom is -0.355 e. The Morgan fingerprint density at radius 1 is 1.23 bits per heavy atom. The van der Waals surface area contributed by atoms with Gasteiger partial charge in [0.2, 0.25) is 11.8 Å². The molecule has 1 aliphatic rings. The summed E-state index contributed by atoms with van der Waals surface area (Å²) in [6, 6.07) is 0.796. The summed E-state index contributed by atoms with van der Waals surface area (Å²) in [5, 5.41) is 9.00. The number of aromatic nitrogens is 2. The summed E-state index contributed by atoms with van der Waals surface area (Å²) in [6.07, 6.45) is -1.10. The summed E-state index contributed by atoms with van der Waals surface area (Å²) in [5.74, 6) is -0.380. The molecule has 146 valence electrons. The minimum atomic E-state index is -4.52. The van der Waals surface area contributed by atoms with Gasteiger partial charge < -0.3 is 10.6 Å². The highest BCUT2D eigenvalue weighted by Gasteiger charge is 2.33. The molecule has 1 aliphatic heterocycles. The molecule has 0 bridgehead atoms. The van der Waals surface area contributed by atoms with Crippen LogP contribution < -0.4 is 10.6 Å². The predicted molar refractivity (Wildman–Crippen MR) is 88.1 cm³/mol. The van der Waals surface area contributed by atoms with Crippen molar-refractivity contribution >= 4 is 11.8 Å². The number of carbonyl (C=O) groups excluding carboxylic acids is 2. The second-order valence-corrected chi connectivity index (χ2v) is 6.36. The number of hydrogen-bond donors (Lipinski definition) is 2. The molecule has 2 N–H and O–H groups in total. The van der Waals surface area contributed by atoms with Crippen LogP contribution in [0, 0.1) is 0 Å². The number of likely N-dealkylation sites (tertiary alicyclic amines) is 1. The molecule has 0 unspecified atom stereocenters. The molecule has 1 aromatic heterocycles. The van der Waals surface area contributed by atoms with Gasteiger partial charge in [0.25, 0.3) is 0 Å². The van der Waals surface area contributed by atoms with Crippen LogP contribution in [-0.2, 0) is 22.3 Å². The highest BCUT2D eigenvalue weighted by molar-refractivity contribution is 5.78. The third-order valence-electron chi connectivity index (χ3n) is 4.13. The number of nitrogens with one attached hydrogen (secondary N) is 2. The number of amides is 2. The van der Waals surface area contributed by atoms with Crippen molar-refractivity contribution in [3.8, 4) is 0 Å².